The Morgan fingerprint density at radius 2 is 2.32 bits per heavy atom. The SMILES string of the molecule is O=C(O)C1CSCCN1CC1COc2ccccc21. The summed E-state index contributed by atoms with van der Waals surface area (Å²) in [7, 11) is 0. The van der Waals surface area contributed by atoms with E-state index in [0.717, 1.165) is 24.6 Å². The molecule has 1 aromatic carbocycles. The zero-order valence-corrected chi connectivity index (χ0v) is 11.4. The minimum Gasteiger partial charge on any atom is -0.493 e. The van der Waals surface area contributed by atoms with Gasteiger partial charge in [-0.2, -0.15) is 11.8 Å². The van der Waals surface area contributed by atoms with Crippen LogP contribution in [0, 0.1) is 0 Å². The van der Waals surface area contributed by atoms with Crippen molar-refractivity contribution in [1.29, 1.82) is 0 Å². The first-order valence-corrected chi connectivity index (χ1v) is 7.67. The van der Waals surface area contributed by atoms with Crippen LogP contribution in [0.4, 0.5) is 0 Å². The minimum atomic E-state index is -0.709. The van der Waals surface area contributed by atoms with Crippen LogP contribution in [0.3, 0.4) is 0 Å². The minimum absolute atomic E-state index is 0.293. The van der Waals surface area contributed by atoms with Gasteiger partial charge in [-0.25, -0.2) is 0 Å². The summed E-state index contributed by atoms with van der Waals surface area (Å²) in [5.74, 6) is 2.23. The Kier molecular flexibility index (Phi) is 3.66. The molecule has 102 valence electrons. The average molecular weight is 279 g/mol. The molecule has 1 fully saturated rings. The van der Waals surface area contributed by atoms with Crippen LogP contribution in [-0.2, 0) is 4.79 Å². The van der Waals surface area contributed by atoms with E-state index in [-0.39, 0.29) is 6.04 Å². The van der Waals surface area contributed by atoms with Gasteiger partial charge in [-0.05, 0) is 6.07 Å². The van der Waals surface area contributed by atoms with Gasteiger partial charge in [0.1, 0.15) is 11.8 Å². The van der Waals surface area contributed by atoms with Gasteiger partial charge in [0.2, 0.25) is 0 Å². The Bertz CT molecular complexity index is 480. The van der Waals surface area contributed by atoms with Crippen molar-refractivity contribution in [3.05, 3.63) is 29.8 Å². The van der Waals surface area contributed by atoms with Crippen LogP contribution >= 0.6 is 11.8 Å². The van der Waals surface area contributed by atoms with Crippen molar-refractivity contribution in [2.24, 2.45) is 0 Å². The number of fused-ring (bicyclic) bond motifs is 1. The Hall–Kier alpha value is -1.20. The van der Waals surface area contributed by atoms with Crippen LogP contribution in [0.15, 0.2) is 24.3 Å². The third-order valence-corrected chi connectivity index (χ3v) is 4.80. The lowest BCUT2D eigenvalue weighted by Crippen LogP contribution is -2.48. The molecule has 0 bridgehead atoms. The van der Waals surface area contributed by atoms with Gasteiger partial charge in [0.25, 0.3) is 0 Å². The van der Waals surface area contributed by atoms with E-state index in [2.05, 4.69) is 11.0 Å². The summed E-state index contributed by atoms with van der Waals surface area (Å²) in [5.41, 5.74) is 1.21. The van der Waals surface area contributed by atoms with Gasteiger partial charge >= 0.3 is 5.97 Å². The lowest BCUT2D eigenvalue weighted by Gasteiger charge is -2.34. The van der Waals surface area contributed by atoms with E-state index in [9.17, 15) is 9.90 Å². The molecule has 2 heterocycles. The van der Waals surface area contributed by atoms with Crippen LogP contribution in [-0.4, -0.2) is 53.2 Å². The number of carboxylic acids is 1. The van der Waals surface area contributed by atoms with Gasteiger partial charge in [0.15, 0.2) is 0 Å². The summed E-state index contributed by atoms with van der Waals surface area (Å²) < 4.78 is 5.67. The maximum Gasteiger partial charge on any atom is 0.321 e. The molecule has 1 N–H and O–H groups in total. The van der Waals surface area contributed by atoms with Gasteiger partial charge in [0.05, 0.1) is 6.61 Å². The Labute approximate surface area is 116 Å². The fourth-order valence-corrected chi connectivity index (χ4v) is 3.85. The predicted molar refractivity (Wildman–Crippen MR) is 75.0 cm³/mol. The highest BCUT2D eigenvalue weighted by molar-refractivity contribution is 7.99. The van der Waals surface area contributed by atoms with E-state index in [1.54, 1.807) is 11.8 Å². The van der Waals surface area contributed by atoms with E-state index in [1.165, 1.54) is 5.56 Å². The predicted octanol–water partition coefficient (Wildman–Crippen LogP) is 1.66. The average Bonchev–Trinajstić information content (AvgIpc) is 2.83. The number of para-hydroxylation sites is 1. The van der Waals surface area contributed by atoms with Gasteiger partial charge in [-0.3, -0.25) is 9.69 Å². The zero-order valence-electron chi connectivity index (χ0n) is 10.6. The Morgan fingerprint density at radius 3 is 3.16 bits per heavy atom. The monoisotopic (exact) mass is 279 g/mol. The first kappa shape index (κ1) is 12.8. The van der Waals surface area contributed by atoms with Crippen molar-refractivity contribution >= 4 is 17.7 Å². The highest BCUT2D eigenvalue weighted by Gasteiger charge is 2.33. The van der Waals surface area contributed by atoms with Crippen LogP contribution in [0.5, 0.6) is 5.75 Å². The zero-order chi connectivity index (χ0) is 13.2. The topological polar surface area (TPSA) is 49.8 Å². The van der Waals surface area contributed by atoms with Gasteiger partial charge < -0.3 is 9.84 Å². The Balaban J connectivity index is 1.73. The summed E-state index contributed by atoms with van der Waals surface area (Å²) in [4.78, 5) is 13.4. The third kappa shape index (κ3) is 2.58. The fourth-order valence-electron chi connectivity index (χ4n) is 2.75. The number of rotatable bonds is 3. The molecule has 19 heavy (non-hydrogen) atoms. The smallest absolute Gasteiger partial charge is 0.321 e. The number of carboxylic acid groups (broad SMARTS) is 1. The molecule has 4 nitrogen and oxygen atoms in total. The summed E-state index contributed by atoms with van der Waals surface area (Å²) in [6.07, 6.45) is 0. The van der Waals surface area contributed by atoms with E-state index in [1.807, 2.05) is 18.2 Å². The maximum absolute atomic E-state index is 11.3. The standard InChI is InChI=1S/C14H17NO3S/c16-14(17)12-9-19-6-5-15(12)7-10-8-18-13-4-2-1-3-11(10)13/h1-4,10,12H,5-9H2,(H,16,17). The summed E-state index contributed by atoms with van der Waals surface area (Å²) in [5, 5.41) is 9.29. The molecular weight excluding hydrogens is 262 g/mol. The number of hydrogen-bond acceptors (Lipinski definition) is 4. The molecule has 1 aromatic rings. The Morgan fingerprint density at radius 1 is 1.47 bits per heavy atom. The number of ether oxygens (including phenoxy) is 1. The first-order valence-electron chi connectivity index (χ1n) is 6.52. The largest absolute Gasteiger partial charge is 0.493 e. The molecule has 2 aliphatic rings. The van der Waals surface area contributed by atoms with Crippen molar-refractivity contribution in [1.82, 2.24) is 4.90 Å². The van der Waals surface area contributed by atoms with Crippen LogP contribution in [0.1, 0.15) is 11.5 Å². The van der Waals surface area contributed by atoms with Crippen molar-refractivity contribution < 1.29 is 14.6 Å². The number of carbonyl (C=O) groups is 1. The molecule has 0 saturated carbocycles. The van der Waals surface area contributed by atoms with Gasteiger partial charge in [0, 0.05) is 36.1 Å². The third-order valence-electron chi connectivity index (χ3n) is 3.78. The molecule has 0 amide bonds. The lowest BCUT2D eigenvalue weighted by molar-refractivity contribution is -0.142. The summed E-state index contributed by atoms with van der Waals surface area (Å²) >= 11 is 1.72. The lowest BCUT2D eigenvalue weighted by atomic mass is 10.00. The molecule has 2 unspecified atom stereocenters. The van der Waals surface area contributed by atoms with E-state index in [0.29, 0.717) is 18.3 Å². The molecule has 2 atom stereocenters. The maximum atomic E-state index is 11.3. The van der Waals surface area contributed by atoms with Crippen molar-refractivity contribution in [2.75, 3.05) is 31.2 Å². The molecular formula is C14H17NO3S. The summed E-state index contributed by atoms with van der Waals surface area (Å²) in [6.45, 7) is 2.28. The van der Waals surface area contributed by atoms with E-state index in [4.69, 9.17) is 4.74 Å². The number of nitrogens with zero attached hydrogens (tertiary/aromatic N) is 1. The number of benzene rings is 1. The number of thioether (sulfide) groups is 1. The van der Waals surface area contributed by atoms with Gasteiger partial charge in [-0.1, -0.05) is 18.2 Å². The molecule has 1 saturated heterocycles. The molecule has 3 rings (SSSR count). The summed E-state index contributed by atoms with van der Waals surface area (Å²) in [6, 6.07) is 7.70. The quantitative estimate of drug-likeness (QED) is 0.912. The molecule has 0 spiro atoms. The highest BCUT2D eigenvalue weighted by Crippen LogP contribution is 2.34. The van der Waals surface area contributed by atoms with Gasteiger partial charge in [-0.15, -0.1) is 0 Å². The molecule has 2 aliphatic heterocycles. The highest BCUT2D eigenvalue weighted by atomic mass is 32.2. The van der Waals surface area contributed by atoms with E-state index < -0.39 is 5.97 Å². The second-order valence-electron chi connectivity index (χ2n) is 4.97. The van der Waals surface area contributed by atoms with Crippen molar-refractivity contribution in [3.63, 3.8) is 0 Å². The molecule has 0 aliphatic carbocycles. The molecule has 0 aromatic heterocycles. The normalized spacial score (nSPS) is 26.7. The second-order valence-corrected chi connectivity index (χ2v) is 6.12. The second kappa shape index (κ2) is 5.43. The first-order chi connectivity index (χ1) is 9.25. The van der Waals surface area contributed by atoms with Crippen LogP contribution in [0.2, 0.25) is 0 Å². The van der Waals surface area contributed by atoms with Crippen LogP contribution in [0.25, 0.3) is 0 Å². The number of hydrogen-bond donors (Lipinski definition) is 1. The molecule has 5 heteroatoms. The van der Waals surface area contributed by atoms with E-state index >= 15 is 0 Å². The van der Waals surface area contributed by atoms with Crippen molar-refractivity contribution in [2.45, 2.75) is 12.0 Å². The molecule has 0 radical (unpaired) electrons. The fraction of sp³-hybridized carbons (Fsp3) is 0.500. The van der Waals surface area contributed by atoms with Crippen molar-refractivity contribution in [3.8, 4) is 5.75 Å². The van der Waals surface area contributed by atoms with Crippen LogP contribution < -0.4 is 4.74 Å². The number of aliphatic carboxylic acids is 1.